The Morgan fingerprint density at radius 3 is 2.63 bits per heavy atom. The average molecular weight is 517 g/mol. The zero-order valence-electron chi connectivity index (χ0n) is 21.5. The fourth-order valence-electron chi connectivity index (χ4n) is 8.65. The van der Waals surface area contributed by atoms with Crippen molar-refractivity contribution in [3.8, 4) is 0 Å². The van der Waals surface area contributed by atoms with E-state index >= 15 is 0 Å². The van der Waals surface area contributed by atoms with Crippen LogP contribution in [-0.4, -0.2) is 36.1 Å². The predicted molar refractivity (Wildman–Crippen MR) is 143 cm³/mol. The summed E-state index contributed by atoms with van der Waals surface area (Å²) in [5.74, 6) is 3.30. The van der Waals surface area contributed by atoms with E-state index in [0.717, 1.165) is 44.3 Å². The Kier molecular flexibility index (Phi) is 6.12. The van der Waals surface area contributed by atoms with E-state index < -0.39 is 11.9 Å². The highest BCUT2D eigenvalue weighted by atomic mass is 32.2. The molecule has 0 radical (unpaired) electrons. The van der Waals surface area contributed by atoms with Gasteiger partial charge in [0.15, 0.2) is 5.79 Å². The van der Waals surface area contributed by atoms with Gasteiger partial charge in [0.25, 0.3) is 0 Å². The van der Waals surface area contributed by atoms with Crippen molar-refractivity contribution in [3.63, 3.8) is 0 Å². The molecule has 0 unspecified atom stereocenters. The lowest BCUT2D eigenvalue weighted by Crippen LogP contribution is -2.67. The molecule has 3 aliphatic carbocycles. The first kappa shape index (κ1) is 24.7. The van der Waals surface area contributed by atoms with Crippen LogP contribution in [0.2, 0.25) is 0 Å². The monoisotopic (exact) mass is 516 g/mol. The number of methoxy groups -OCH3 is 1. The second-order valence-electron chi connectivity index (χ2n) is 12.2. The van der Waals surface area contributed by atoms with Gasteiger partial charge in [0.05, 0.1) is 25.2 Å². The summed E-state index contributed by atoms with van der Waals surface area (Å²) in [6, 6.07) is 1.94. The van der Waals surface area contributed by atoms with E-state index in [0.29, 0.717) is 17.8 Å². The van der Waals surface area contributed by atoms with Gasteiger partial charge in [0.1, 0.15) is 0 Å². The molecule has 7 atom stereocenters. The van der Waals surface area contributed by atoms with Crippen LogP contribution in [0.15, 0.2) is 45.0 Å². The Morgan fingerprint density at radius 1 is 1.17 bits per heavy atom. The zero-order chi connectivity index (χ0) is 24.5. The maximum atomic E-state index is 11.7. The van der Waals surface area contributed by atoms with Crippen LogP contribution in [0.25, 0.3) is 0 Å². The van der Waals surface area contributed by atoms with Crippen LogP contribution in [0.5, 0.6) is 0 Å². The molecule has 4 nitrogen and oxygen atoms in total. The van der Waals surface area contributed by atoms with Crippen LogP contribution in [0.1, 0.15) is 71.0 Å². The van der Waals surface area contributed by atoms with E-state index in [9.17, 15) is 5.11 Å². The molecule has 5 fully saturated rings. The predicted octanol–water partition coefficient (Wildman–Crippen LogP) is 7.18. The molecule has 35 heavy (non-hydrogen) atoms. The van der Waals surface area contributed by atoms with Gasteiger partial charge in [-0.15, -0.1) is 23.5 Å². The van der Waals surface area contributed by atoms with Crippen LogP contribution in [0, 0.1) is 34.0 Å². The lowest BCUT2D eigenvalue weighted by Gasteiger charge is -2.68. The Labute approximate surface area is 218 Å². The molecule has 7 rings (SSSR count). The van der Waals surface area contributed by atoms with E-state index in [-0.39, 0.29) is 16.2 Å². The van der Waals surface area contributed by atoms with E-state index in [1.54, 1.807) is 18.1 Å². The molecule has 1 aromatic rings. The van der Waals surface area contributed by atoms with Gasteiger partial charge in [-0.1, -0.05) is 38.5 Å². The minimum atomic E-state index is -0.530. The van der Waals surface area contributed by atoms with Crippen LogP contribution >= 0.6 is 23.5 Å². The van der Waals surface area contributed by atoms with Gasteiger partial charge in [-0.3, -0.25) is 0 Å². The number of aliphatic hydroxyl groups excluding tert-OH is 1. The number of hydrogen-bond donors (Lipinski definition) is 1. The summed E-state index contributed by atoms with van der Waals surface area (Å²) in [5, 5.41) is 11.7. The summed E-state index contributed by atoms with van der Waals surface area (Å²) < 4.78 is 19.6. The van der Waals surface area contributed by atoms with Crippen LogP contribution < -0.4 is 0 Å². The van der Waals surface area contributed by atoms with E-state index in [2.05, 4.69) is 32.9 Å². The summed E-state index contributed by atoms with van der Waals surface area (Å²) in [4.78, 5) is 0. The highest BCUT2D eigenvalue weighted by Crippen LogP contribution is 2.71. The highest BCUT2D eigenvalue weighted by molar-refractivity contribution is 8.22. The molecular formula is C29H40O4S2. The lowest BCUT2D eigenvalue weighted by atomic mass is 9.42. The summed E-state index contributed by atoms with van der Waals surface area (Å²) in [7, 11) is 1.82. The number of ether oxygens (including phenoxy) is 2. The molecule has 3 saturated heterocycles. The first-order valence-electron chi connectivity index (χ1n) is 13.4. The summed E-state index contributed by atoms with van der Waals surface area (Å²) >= 11 is 4.02. The number of hydrogen-bond acceptors (Lipinski definition) is 6. The topological polar surface area (TPSA) is 51.8 Å². The van der Waals surface area contributed by atoms with Crippen LogP contribution in [0.3, 0.4) is 0 Å². The first-order chi connectivity index (χ1) is 16.8. The van der Waals surface area contributed by atoms with Crippen molar-refractivity contribution in [3.05, 3.63) is 46.1 Å². The molecule has 2 saturated carbocycles. The average Bonchev–Trinajstić information content (AvgIpc) is 3.41. The Bertz CT molecular complexity index is 996. The SMILES string of the molecule is CO[C@@]12CC[C@@]3(CO1)C(=CC[C@@H]1[C@@H]3CC[C@@](C)([C@@H](O)c3ccoc3)[C@H]1C=C1SCCCS1)C2(C)C. The largest absolute Gasteiger partial charge is 0.472 e. The standard InChI is InChI=1S/C29H40O4S2/c1-26(2)23-7-6-20-21(28(23)11-12-29(26,31-4)33-18-28)8-10-27(3,25(30)19-9-13-32-17-19)22(20)16-24-34-14-5-15-35-24/h7,9,13,16-17,20-22,25,30H,5-6,8,10-12,14-15,18H2,1-4H3/t20-,21+,22+,25+,27-,28+,29+/m1/s1. The molecule has 0 amide bonds. The second kappa shape index (κ2) is 8.69. The van der Waals surface area contributed by atoms with Crippen LogP contribution in [0.4, 0.5) is 0 Å². The van der Waals surface area contributed by atoms with Crippen LogP contribution in [-0.2, 0) is 9.47 Å². The highest BCUT2D eigenvalue weighted by Gasteiger charge is 2.68. The molecule has 1 N–H and O–H groups in total. The van der Waals surface area contributed by atoms with Crippen molar-refractivity contribution in [2.24, 2.45) is 34.0 Å². The summed E-state index contributed by atoms with van der Waals surface area (Å²) in [6.07, 6.45) is 14.6. The van der Waals surface area contributed by atoms with Gasteiger partial charge >= 0.3 is 0 Å². The molecule has 6 heteroatoms. The second-order valence-corrected chi connectivity index (χ2v) is 14.7. The van der Waals surface area contributed by atoms with Crippen molar-refractivity contribution < 1.29 is 19.0 Å². The van der Waals surface area contributed by atoms with Gasteiger partial charge in [-0.05, 0) is 67.4 Å². The van der Waals surface area contributed by atoms with Gasteiger partial charge < -0.3 is 19.0 Å². The Balaban J connectivity index is 1.43. The van der Waals surface area contributed by atoms with Crippen molar-refractivity contribution in [1.82, 2.24) is 0 Å². The summed E-state index contributed by atoms with van der Waals surface area (Å²) in [5.41, 5.74) is 2.24. The Morgan fingerprint density at radius 2 is 1.97 bits per heavy atom. The molecule has 4 heterocycles. The molecule has 3 aliphatic heterocycles. The normalized spacial score (nSPS) is 43.2. The maximum Gasteiger partial charge on any atom is 0.176 e. The zero-order valence-corrected chi connectivity index (χ0v) is 23.2. The minimum Gasteiger partial charge on any atom is -0.472 e. The van der Waals surface area contributed by atoms with Gasteiger partial charge in [-0.2, -0.15) is 0 Å². The molecule has 6 aliphatic rings. The first-order valence-corrected chi connectivity index (χ1v) is 15.3. The minimum absolute atomic E-state index is 0.0955. The summed E-state index contributed by atoms with van der Waals surface area (Å²) in [6.45, 7) is 7.76. The molecule has 192 valence electrons. The molecule has 1 aromatic heterocycles. The van der Waals surface area contributed by atoms with Crippen molar-refractivity contribution >= 4 is 23.5 Å². The fourth-order valence-corrected chi connectivity index (χ4v) is 11.1. The number of fused-ring (bicyclic) bond motifs is 3. The molecule has 1 spiro atoms. The Hall–Kier alpha value is -0.660. The van der Waals surface area contributed by atoms with Crippen molar-refractivity contribution in [1.29, 1.82) is 0 Å². The van der Waals surface area contributed by atoms with Crippen molar-refractivity contribution in [2.75, 3.05) is 25.2 Å². The van der Waals surface area contributed by atoms with E-state index in [4.69, 9.17) is 13.9 Å². The number of rotatable bonds is 4. The van der Waals surface area contributed by atoms with Crippen molar-refractivity contribution in [2.45, 2.75) is 71.2 Å². The number of thioether (sulfide) groups is 2. The third kappa shape index (κ3) is 3.46. The van der Waals surface area contributed by atoms with E-state index in [1.807, 2.05) is 36.7 Å². The fraction of sp³-hybridized carbons (Fsp3) is 0.724. The number of allylic oxidation sites excluding steroid dienone is 2. The lowest BCUT2D eigenvalue weighted by molar-refractivity contribution is -0.345. The number of furan rings is 1. The molecule has 2 bridgehead atoms. The quantitative estimate of drug-likeness (QED) is 0.428. The molecule has 0 aromatic carbocycles. The number of aliphatic hydroxyl groups is 1. The van der Waals surface area contributed by atoms with Gasteiger partial charge in [-0.25, -0.2) is 0 Å². The maximum absolute atomic E-state index is 11.7. The van der Waals surface area contributed by atoms with Gasteiger partial charge in [0.2, 0.25) is 0 Å². The molecular weight excluding hydrogens is 476 g/mol. The van der Waals surface area contributed by atoms with E-state index in [1.165, 1.54) is 22.2 Å². The van der Waals surface area contributed by atoms with Gasteiger partial charge in [0, 0.05) is 39.6 Å². The smallest absolute Gasteiger partial charge is 0.176 e. The third-order valence-electron chi connectivity index (χ3n) is 10.6. The third-order valence-corrected chi connectivity index (χ3v) is 13.1.